The first kappa shape index (κ1) is 13.5. The van der Waals surface area contributed by atoms with Crippen molar-refractivity contribution in [2.75, 3.05) is 23.7 Å². The normalized spacial score (nSPS) is 14.4. The van der Waals surface area contributed by atoms with E-state index >= 15 is 0 Å². The summed E-state index contributed by atoms with van der Waals surface area (Å²) in [6, 6.07) is 1.87. The summed E-state index contributed by atoms with van der Waals surface area (Å²) < 4.78 is 0. The van der Waals surface area contributed by atoms with Crippen LogP contribution in [-0.4, -0.2) is 33.8 Å². The van der Waals surface area contributed by atoms with Crippen LogP contribution in [0, 0.1) is 5.41 Å². The van der Waals surface area contributed by atoms with Crippen molar-refractivity contribution in [1.29, 1.82) is 5.41 Å². The van der Waals surface area contributed by atoms with Crippen molar-refractivity contribution in [3.05, 3.63) is 30.2 Å². The third-order valence-corrected chi connectivity index (χ3v) is 3.68. The van der Waals surface area contributed by atoms with Crippen molar-refractivity contribution >= 4 is 17.3 Å². The quantitative estimate of drug-likeness (QED) is 0.841. The van der Waals surface area contributed by atoms with Crippen molar-refractivity contribution < 1.29 is 0 Å². The molecular formula is C15H18N6. The number of pyridine rings is 1. The van der Waals surface area contributed by atoms with Gasteiger partial charge in [0.25, 0.3) is 0 Å². The van der Waals surface area contributed by atoms with E-state index < -0.39 is 0 Å². The zero-order valence-corrected chi connectivity index (χ0v) is 12.0. The highest BCUT2D eigenvalue weighted by Crippen LogP contribution is 2.29. The lowest BCUT2D eigenvalue weighted by atomic mass is 10.1. The smallest absolute Gasteiger partial charge is 0.155 e. The lowest BCUT2D eigenvalue weighted by molar-refractivity contribution is 0.929. The highest BCUT2D eigenvalue weighted by atomic mass is 15.2. The maximum atomic E-state index is 7.79. The third-order valence-electron chi connectivity index (χ3n) is 3.68. The van der Waals surface area contributed by atoms with Crippen LogP contribution in [0.5, 0.6) is 0 Å². The number of hydrogen-bond acceptors (Lipinski definition) is 6. The monoisotopic (exact) mass is 282 g/mol. The lowest BCUT2D eigenvalue weighted by Crippen LogP contribution is -2.20. The number of nitrogen functional groups attached to an aromatic ring is 1. The minimum atomic E-state index is 0.373. The Balaban J connectivity index is 2.08. The van der Waals surface area contributed by atoms with Gasteiger partial charge < -0.3 is 16.0 Å². The molecule has 0 aromatic carbocycles. The van der Waals surface area contributed by atoms with Crippen LogP contribution in [0.15, 0.2) is 24.7 Å². The Morgan fingerprint density at radius 1 is 1.19 bits per heavy atom. The van der Waals surface area contributed by atoms with E-state index in [4.69, 9.17) is 11.1 Å². The van der Waals surface area contributed by atoms with E-state index in [1.807, 2.05) is 6.07 Å². The molecule has 0 aliphatic carbocycles. The zero-order valence-electron chi connectivity index (χ0n) is 12.0. The molecule has 0 atom stereocenters. The molecule has 0 amide bonds. The molecule has 6 nitrogen and oxygen atoms in total. The van der Waals surface area contributed by atoms with Crippen molar-refractivity contribution in [3.63, 3.8) is 0 Å². The molecule has 1 saturated heterocycles. The van der Waals surface area contributed by atoms with Gasteiger partial charge in [-0.05, 0) is 25.8 Å². The summed E-state index contributed by atoms with van der Waals surface area (Å²) in [5, 5.41) is 7.79. The minimum absolute atomic E-state index is 0.373. The fourth-order valence-corrected chi connectivity index (χ4v) is 2.60. The van der Waals surface area contributed by atoms with E-state index in [9.17, 15) is 0 Å². The number of nitrogens with one attached hydrogen (secondary N) is 1. The Morgan fingerprint density at radius 2 is 1.90 bits per heavy atom. The second-order valence-electron chi connectivity index (χ2n) is 5.20. The molecule has 0 unspecified atom stereocenters. The number of nitrogens with zero attached hydrogens (tertiary/aromatic N) is 4. The molecular weight excluding hydrogens is 264 g/mol. The molecule has 3 heterocycles. The molecule has 2 aromatic heterocycles. The Labute approximate surface area is 123 Å². The standard InChI is InChI=1S/C15H18N6/c1-10(16)12-8-11(9-20-14(12)17)13-15(19-5-4-18-13)21-6-2-3-7-21/h4-5,8-9,16H,2-3,6-7H2,1H3,(H2,17,20). The molecule has 1 fully saturated rings. The third kappa shape index (κ3) is 2.56. The van der Waals surface area contributed by atoms with Crippen molar-refractivity contribution in [1.82, 2.24) is 15.0 Å². The van der Waals surface area contributed by atoms with Gasteiger partial charge in [-0.15, -0.1) is 0 Å². The van der Waals surface area contributed by atoms with Gasteiger partial charge >= 0.3 is 0 Å². The van der Waals surface area contributed by atoms with Gasteiger partial charge in [-0.2, -0.15) is 0 Å². The van der Waals surface area contributed by atoms with Crippen LogP contribution in [-0.2, 0) is 0 Å². The summed E-state index contributed by atoms with van der Waals surface area (Å²) in [5.41, 5.74) is 8.52. The van der Waals surface area contributed by atoms with Gasteiger partial charge in [0.2, 0.25) is 0 Å². The van der Waals surface area contributed by atoms with E-state index in [1.54, 1.807) is 25.5 Å². The molecule has 0 saturated carbocycles. The minimum Gasteiger partial charge on any atom is -0.383 e. The number of nitrogens with two attached hydrogens (primary N) is 1. The van der Waals surface area contributed by atoms with Crippen molar-refractivity contribution in [3.8, 4) is 11.3 Å². The van der Waals surface area contributed by atoms with Crippen molar-refractivity contribution in [2.45, 2.75) is 19.8 Å². The second-order valence-corrected chi connectivity index (χ2v) is 5.20. The van der Waals surface area contributed by atoms with Gasteiger partial charge in [0.05, 0.1) is 0 Å². The SMILES string of the molecule is CC(=N)c1cc(-c2nccnc2N2CCCC2)cnc1N. The van der Waals surface area contributed by atoms with E-state index in [0.29, 0.717) is 17.1 Å². The largest absolute Gasteiger partial charge is 0.383 e. The average Bonchev–Trinajstić information content (AvgIpc) is 3.01. The van der Waals surface area contributed by atoms with Gasteiger partial charge in [0.15, 0.2) is 5.82 Å². The molecule has 108 valence electrons. The second kappa shape index (κ2) is 5.47. The van der Waals surface area contributed by atoms with E-state index in [2.05, 4.69) is 19.9 Å². The Hall–Kier alpha value is -2.50. The molecule has 0 bridgehead atoms. The van der Waals surface area contributed by atoms with E-state index in [-0.39, 0.29) is 0 Å². The molecule has 0 spiro atoms. The number of anilines is 2. The summed E-state index contributed by atoms with van der Waals surface area (Å²) in [5.74, 6) is 1.26. The molecule has 6 heteroatoms. The van der Waals surface area contributed by atoms with Crippen LogP contribution in [0.1, 0.15) is 25.3 Å². The average molecular weight is 282 g/mol. The Bertz CT molecular complexity index is 676. The van der Waals surface area contributed by atoms with Gasteiger partial charge in [-0.1, -0.05) is 0 Å². The molecule has 3 rings (SSSR count). The first-order chi connectivity index (χ1) is 10.2. The van der Waals surface area contributed by atoms with Gasteiger partial charge in [-0.3, -0.25) is 4.98 Å². The lowest BCUT2D eigenvalue weighted by Gasteiger charge is -2.19. The first-order valence-corrected chi connectivity index (χ1v) is 7.04. The van der Waals surface area contributed by atoms with Crippen LogP contribution in [0.2, 0.25) is 0 Å². The molecule has 1 aliphatic heterocycles. The molecule has 21 heavy (non-hydrogen) atoms. The topological polar surface area (TPSA) is 91.8 Å². The van der Waals surface area contributed by atoms with Crippen molar-refractivity contribution in [2.24, 2.45) is 0 Å². The van der Waals surface area contributed by atoms with Crippen LogP contribution < -0.4 is 10.6 Å². The fourth-order valence-electron chi connectivity index (χ4n) is 2.60. The maximum Gasteiger partial charge on any atom is 0.155 e. The fraction of sp³-hybridized carbons (Fsp3) is 0.333. The maximum absolute atomic E-state index is 7.79. The van der Waals surface area contributed by atoms with Crippen LogP contribution in [0.3, 0.4) is 0 Å². The summed E-state index contributed by atoms with van der Waals surface area (Å²) in [6.07, 6.45) is 7.46. The Morgan fingerprint density at radius 3 is 2.62 bits per heavy atom. The van der Waals surface area contributed by atoms with Crippen LogP contribution in [0.25, 0.3) is 11.3 Å². The highest BCUT2D eigenvalue weighted by Gasteiger charge is 2.19. The number of aromatic nitrogens is 3. The number of rotatable bonds is 3. The first-order valence-electron chi connectivity index (χ1n) is 7.04. The predicted molar refractivity (Wildman–Crippen MR) is 83.6 cm³/mol. The Kier molecular flexibility index (Phi) is 3.51. The number of hydrogen-bond donors (Lipinski definition) is 2. The molecule has 3 N–H and O–H groups in total. The van der Waals surface area contributed by atoms with Gasteiger partial charge in [0.1, 0.15) is 11.5 Å². The van der Waals surface area contributed by atoms with Crippen LogP contribution >= 0.6 is 0 Å². The summed E-state index contributed by atoms with van der Waals surface area (Å²) in [6.45, 7) is 3.71. The van der Waals surface area contributed by atoms with Crippen LogP contribution in [0.4, 0.5) is 11.6 Å². The van der Waals surface area contributed by atoms with Gasteiger partial charge in [0, 0.05) is 48.5 Å². The summed E-state index contributed by atoms with van der Waals surface area (Å²) in [4.78, 5) is 15.4. The molecule has 0 radical (unpaired) electrons. The molecule has 1 aliphatic rings. The van der Waals surface area contributed by atoms with E-state index in [0.717, 1.165) is 30.2 Å². The summed E-state index contributed by atoms with van der Waals surface area (Å²) >= 11 is 0. The van der Waals surface area contributed by atoms with E-state index in [1.165, 1.54) is 12.8 Å². The summed E-state index contributed by atoms with van der Waals surface area (Å²) in [7, 11) is 0. The highest BCUT2D eigenvalue weighted by molar-refractivity contribution is 6.01. The van der Waals surface area contributed by atoms with Gasteiger partial charge in [-0.25, -0.2) is 9.97 Å². The molecule has 2 aromatic rings. The predicted octanol–water partition coefficient (Wildman–Crippen LogP) is 2.11. The zero-order chi connectivity index (χ0) is 14.8.